The molecule has 0 radical (unpaired) electrons. The number of ether oxygens (including phenoxy) is 1. The highest BCUT2D eigenvalue weighted by molar-refractivity contribution is 5.84. The number of guanidine groups is 1. The van der Waals surface area contributed by atoms with Crippen molar-refractivity contribution in [3.63, 3.8) is 0 Å². The van der Waals surface area contributed by atoms with Crippen molar-refractivity contribution in [2.45, 2.75) is 26.5 Å². The molecule has 0 aliphatic heterocycles. The number of carbonyl (C=O) groups excluding carboxylic acids is 1. The van der Waals surface area contributed by atoms with Crippen molar-refractivity contribution < 1.29 is 18.3 Å². The molecule has 0 aliphatic carbocycles. The van der Waals surface area contributed by atoms with Crippen LogP contribution in [0, 0.1) is 0 Å². The van der Waals surface area contributed by atoms with Crippen molar-refractivity contribution in [2.75, 3.05) is 34.2 Å². The normalized spacial score (nSPS) is 11.4. The fourth-order valence-corrected chi connectivity index (χ4v) is 1.96. The molecule has 1 aromatic rings. The Kier molecular flexibility index (Phi) is 8.66. The van der Waals surface area contributed by atoms with Gasteiger partial charge in [-0.3, -0.25) is 4.79 Å². The summed E-state index contributed by atoms with van der Waals surface area (Å²) in [6.07, 6.45) is 0.925. The van der Waals surface area contributed by atoms with Crippen LogP contribution in [-0.2, 0) is 11.3 Å². The number of halogens is 2. The molecule has 1 N–H and O–H groups in total. The minimum Gasteiger partial charge on any atom is -0.435 e. The summed E-state index contributed by atoms with van der Waals surface area (Å²) in [5.41, 5.74) is 0.911. The number of carbonyl (C=O) groups is 1. The number of likely N-dealkylation sites (N-methyl/N-ethyl adjacent to an activating group) is 1. The number of aliphatic imine (C=N–C) groups is 1. The SMILES string of the molecule is CCCNC(=NCC(=O)N(C)C)N(C)Cc1ccc(OC(F)F)cc1. The zero-order valence-electron chi connectivity index (χ0n) is 15.1. The average molecular weight is 356 g/mol. The fraction of sp³-hybridized carbons (Fsp3) is 0.529. The molecule has 0 saturated carbocycles. The van der Waals surface area contributed by atoms with Crippen molar-refractivity contribution in [3.8, 4) is 5.75 Å². The highest BCUT2D eigenvalue weighted by atomic mass is 19.3. The topological polar surface area (TPSA) is 57.2 Å². The van der Waals surface area contributed by atoms with Crippen LogP contribution in [0.1, 0.15) is 18.9 Å². The molecule has 0 fully saturated rings. The molecule has 0 heterocycles. The van der Waals surface area contributed by atoms with Gasteiger partial charge in [0.2, 0.25) is 5.91 Å². The average Bonchev–Trinajstić information content (AvgIpc) is 2.55. The van der Waals surface area contributed by atoms with Crippen LogP contribution in [0.15, 0.2) is 29.3 Å². The number of benzene rings is 1. The van der Waals surface area contributed by atoms with Gasteiger partial charge in [-0.2, -0.15) is 8.78 Å². The van der Waals surface area contributed by atoms with Gasteiger partial charge in [0.1, 0.15) is 12.3 Å². The molecule has 0 aliphatic rings. The van der Waals surface area contributed by atoms with Gasteiger partial charge in [0.05, 0.1) is 0 Å². The van der Waals surface area contributed by atoms with E-state index in [1.165, 1.54) is 17.0 Å². The van der Waals surface area contributed by atoms with Crippen molar-refractivity contribution in [3.05, 3.63) is 29.8 Å². The first kappa shape index (κ1) is 20.7. The van der Waals surface area contributed by atoms with E-state index in [4.69, 9.17) is 0 Å². The molecule has 1 amide bonds. The molecule has 8 heteroatoms. The third-order valence-corrected chi connectivity index (χ3v) is 3.33. The van der Waals surface area contributed by atoms with Crippen LogP contribution >= 0.6 is 0 Å². The number of alkyl halides is 2. The van der Waals surface area contributed by atoms with Gasteiger partial charge in [-0.15, -0.1) is 0 Å². The van der Waals surface area contributed by atoms with Crippen LogP contribution in [0.3, 0.4) is 0 Å². The van der Waals surface area contributed by atoms with Gasteiger partial charge in [0.15, 0.2) is 5.96 Å². The first-order valence-corrected chi connectivity index (χ1v) is 8.06. The molecule has 0 unspecified atom stereocenters. The third kappa shape index (κ3) is 7.82. The van der Waals surface area contributed by atoms with E-state index in [2.05, 4.69) is 15.0 Å². The number of hydrogen-bond acceptors (Lipinski definition) is 3. The Hall–Kier alpha value is -2.38. The lowest BCUT2D eigenvalue weighted by Gasteiger charge is -2.23. The van der Waals surface area contributed by atoms with Gasteiger partial charge in [-0.25, -0.2) is 4.99 Å². The summed E-state index contributed by atoms with van der Waals surface area (Å²) >= 11 is 0. The van der Waals surface area contributed by atoms with Gasteiger partial charge in [0, 0.05) is 34.2 Å². The summed E-state index contributed by atoms with van der Waals surface area (Å²) < 4.78 is 28.7. The highest BCUT2D eigenvalue weighted by Crippen LogP contribution is 2.15. The van der Waals surface area contributed by atoms with E-state index in [0.29, 0.717) is 12.5 Å². The molecule has 6 nitrogen and oxygen atoms in total. The maximum absolute atomic E-state index is 12.2. The lowest BCUT2D eigenvalue weighted by Crippen LogP contribution is -2.39. The minimum atomic E-state index is -2.83. The van der Waals surface area contributed by atoms with E-state index in [1.807, 2.05) is 18.9 Å². The highest BCUT2D eigenvalue weighted by Gasteiger charge is 2.10. The summed E-state index contributed by atoms with van der Waals surface area (Å²) in [6.45, 7) is 0.517. The number of rotatable bonds is 8. The standard InChI is InChI=1S/C17H26F2N4O2/c1-5-10-20-17(21-11-15(24)22(2)3)23(4)12-13-6-8-14(9-7-13)25-16(18)19/h6-9,16H,5,10-12H2,1-4H3,(H,20,21). The largest absolute Gasteiger partial charge is 0.435 e. The Morgan fingerprint density at radius 3 is 2.40 bits per heavy atom. The molecule has 0 spiro atoms. The van der Waals surface area contributed by atoms with Crippen molar-refractivity contribution >= 4 is 11.9 Å². The summed E-state index contributed by atoms with van der Waals surface area (Å²) in [5.74, 6) is 0.652. The molecular formula is C17H26F2N4O2. The number of nitrogens with one attached hydrogen (secondary N) is 1. The van der Waals surface area contributed by atoms with E-state index in [1.54, 1.807) is 26.2 Å². The van der Waals surface area contributed by atoms with E-state index >= 15 is 0 Å². The number of nitrogens with zero attached hydrogens (tertiary/aromatic N) is 3. The van der Waals surface area contributed by atoms with Gasteiger partial charge < -0.3 is 19.9 Å². The van der Waals surface area contributed by atoms with Crippen LogP contribution in [0.5, 0.6) is 5.75 Å². The Morgan fingerprint density at radius 2 is 1.88 bits per heavy atom. The quantitative estimate of drug-likeness (QED) is 0.573. The maximum atomic E-state index is 12.2. The molecule has 0 aromatic heterocycles. The lowest BCUT2D eigenvalue weighted by atomic mass is 10.2. The van der Waals surface area contributed by atoms with Crippen molar-refractivity contribution in [1.29, 1.82) is 0 Å². The second-order valence-electron chi connectivity index (χ2n) is 5.73. The first-order chi connectivity index (χ1) is 11.8. The predicted molar refractivity (Wildman–Crippen MR) is 93.8 cm³/mol. The third-order valence-electron chi connectivity index (χ3n) is 3.33. The monoisotopic (exact) mass is 356 g/mol. The van der Waals surface area contributed by atoms with Crippen LogP contribution in [0.2, 0.25) is 0 Å². The van der Waals surface area contributed by atoms with Gasteiger partial charge in [-0.1, -0.05) is 19.1 Å². The second-order valence-corrected chi connectivity index (χ2v) is 5.73. The van der Waals surface area contributed by atoms with Crippen LogP contribution in [0.4, 0.5) is 8.78 Å². The molecule has 0 atom stereocenters. The summed E-state index contributed by atoms with van der Waals surface area (Å²) in [5, 5.41) is 3.20. The fourth-order valence-electron chi connectivity index (χ4n) is 1.96. The van der Waals surface area contributed by atoms with Crippen LogP contribution < -0.4 is 10.1 Å². The van der Waals surface area contributed by atoms with Crippen LogP contribution in [0.25, 0.3) is 0 Å². The Morgan fingerprint density at radius 1 is 1.24 bits per heavy atom. The maximum Gasteiger partial charge on any atom is 0.387 e. The Bertz CT molecular complexity index is 562. The minimum absolute atomic E-state index is 0.0601. The summed E-state index contributed by atoms with van der Waals surface area (Å²) in [7, 11) is 5.22. The van der Waals surface area contributed by atoms with Crippen LogP contribution in [-0.4, -0.2) is 62.5 Å². The molecule has 0 bridgehead atoms. The summed E-state index contributed by atoms with van der Waals surface area (Å²) in [4.78, 5) is 19.4. The first-order valence-electron chi connectivity index (χ1n) is 8.06. The van der Waals surface area contributed by atoms with E-state index in [-0.39, 0.29) is 18.2 Å². The number of hydrogen-bond donors (Lipinski definition) is 1. The molecule has 140 valence electrons. The molecular weight excluding hydrogens is 330 g/mol. The Balaban J connectivity index is 2.74. The zero-order valence-corrected chi connectivity index (χ0v) is 15.1. The molecule has 0 saturated heterocycles. The van der Waals surface area contributed by atoms with E-state index in [0.717, 1.165) is 18.5 Å². The Labute approximate surface area is 147 Å². The van der Waals surface area contributed by atoms with Crippen molar-refractivity contribution in [1.82, 2.24) is 15.1 Å². The van der Waals surface area contributed by atoms with Gasteiger partial charge in [0.25, 0.3) is 0 Å². The molecule has 25 heavy (non-hydrogen) atoms. The lowest BCUT2D eigenvalue weighted by molar-refractivity contribution is -0.127. The molecule has 1 aromatic carbocycles. The van der Waals surface area contributed by atoms with Crippen molar-refractivity contribution in [2.24, 2.45) is 4.99 Å². The van der Waals surface area contributed by atoms with Gasteiger partial charge >= 0.3 is 6.61 Å². The predicted octanol–water partition coefficient (Wildman–Crippen LogP) is 2.16. The smallest absolute Gasteiger partial charge is 0.387 e. The van der Waals surface area contributed by atoms with E-state index in [9.17, 15) is 13.6 Å². The van der Waals surface area contributed by atoms with Gasteiger partial charge in [-0.05, 0) is 24.1 Å². The zero-order chi connectivity index (χ0) is 18.8. The van der Waals surface area contributed by atoms with E-state index < -0.39 is 6.61 Å². The second kappa shape index (κ2) is 10.5. The molecule has 1 rings (SSSR count). The number of amides is 1. The summed E-state index contributed by atoms with van der Waals surface area (Å²) in [6, 6.07) is 6.44.